The molecule has 1 aliphatic rings. The van der Waals surface area contributed by atoms with Crippen molar-refractivity contribution in [3.8, 4) is 0 Å². The first kappa shape index (κ1) is 20.4. The predicted molar refractivity (Wildman–Crippen MR) is 83.5 cm³/mol. The Kier molecular flexibility index (Phi) is 6.66. The number of amides is 1. The number of hydrogen-bond acceptors (Lipinski definition) is 2. The molecule has 1 aliphatic heterocycles. The number of likely N-dealkylation sites (tertiary alicyclic amines) is 1. The van der Waals surface area contributed by atoms with Crippen LogP contribution in [0.1, 0.15) is 40.5 Å². The van der Waals surface area contributed by atoms with E-state index in [1.54, 1.807) is 0 Å². The van der Waals surface area contributed by atoms with Gasteiger partial charge in [0, 0.05) is 32.9 Å². The van der Waals surface area contributed by atoms with Crippen LogP contribution in [0.4, 0.5) is 17.6 Å². The van der Waals surface area contributed by atoms with Crippen LogP contribution in [0.25, 0.3) is 0 Å². The molecule has 1 amide bonds. The Morgan fingerprint density at radius 1 is 1.17 bits per heavy atom. The minimum atomic E-state index is -4.75. The maximum Gasteiger partial charge on any atom is 0.416 e. The molecule has 0 aromatic heterocycles. The molecular formula is C15H27F4NO2Si. The standard InChI is InChI=1S/C15H27F4NO2Si/c1-5-23(6-2,7-3)22-13(15(17,18)19)14(16)8-10-20(11-9-14)12(4)21/h13H,5-11H2,1-4H3. The summed E-state index contributed by atoms with van der Waals surface area (Å²) in [5.41, 5.74) is -2.46. The quantitative estimate of drug-likeness (QED) is 0.524. The Bertz CT molecular complexity index is 397. The fourth-order valence-electron chi connectivity index (χ4n) is 3.17. The zero-order valence-corrected chi connectivity index (χ0v) is 15.3. The number of rotatable bonds is 6. The number of alkyl halides is 4. The van der Waals surface area contributed by atoms with E-state index in [-0.39, 0.29) is 31.8 Å². The third-order valence-corrected chi connectivity index (χ3v) is 9.71. The van der Waals surface area contributed by atoms with Crippen molar-refractivity contribution in [2.75, 3.05) is 13.1 Å². The second-order valence-corrected chi connectivity index (χ2v) is 11.0. The number of hydrogen-bond donors (Lipinski definition) is 0. The van der Waals surface area contributed by atoms with E-state index >= 15 is 4.39 Å². The van der Waals surface area contributed by atoms with Crippen molar-refractivity contribution in [1.82, 2.24) is 4.90 Å². The fraction of sp³-hybridized carbons (Fsp3) is 0.933. The van der Waals surface area contributed by atoms with Crippen LogP contribution in [0.2, 0.25) is 18.1 Å². The molecule has 0 aromatic carbocycles. The molecule has 1 rings (SSSR count). The Labute approximate surface area is 136 Å². The molecule has 23 heavy (non-hydrogen) atoms. The van der Waals surface area contributed by atoms with E-state index in [0.29, 0.717) is 18.1 Å². The highest BCUT2D eigenvalue weighted by Crippen LogP contribution is 2.43. The van der Waals surface area contributed by atoms with Crippen molar-refractivity contribution in [2.45, 2.75) is 76.6 Å². The summed E-state index contributed by atoms with van der Waals surface area (Å²) in [5, 5.41) is 0. The summed E-state index contributed by atoms with van der Waals surface area (Å²) in [6, 6.07) is 1.59. The normalized spacial score (nSPS) is 20.4. The Morgan fingerprint density at radius 2 is 1.61 bits per heavy atom. The van der Waals surface area contributed by atoms with Crippen molar-refractivity contribution in [3.05, 3.63) is 0 Å². The minimum absolute atomic E-state index is 0.000698. The maximum absolute atomic E-state index is 15.1. The van der Waals surface area contributed by atoms with Crippen LogP contribution in [0, 0.1) is 0 Å². The molecule has 1 atom stereocenters. The third-order valence-electron chi connectivity index (χ3n) is 5.11. The molecular weight excluding hydrogens is 330 g/mol. The lowest BCUT2D eigenvalue weighted by Crippen LogP contribution is -2.59. The molecule has 136 valence electrons. The summed E-state index contributed by atoms with van der Waals surface area (Å²) in [7, 11) is -2.60. The van der Waals surface area contributed by atoms with Gasteiger partial charge < -0.3 is 9.33 Å². The third kappa shape index (κ3) is 4.68. The van der Waals surface area contributed by atoms with E-state index in [1.807, 2.05) is 20.8 Å². The molecule has 0 saturated carbocycles. The summed E-state index contributed by atoms with van der Waals surface area (Å²) in [5.74, 6) is -0.240. The average molecular weight is 357 g/mol. The van der Waals surface area contributed by atoms with E-state index < -0.39 is 26.3 Å². The van der Waals surface area contributed by atoms with Crippen LogP contribution < -0.4 is 0 Å². The van der Waals surface area contributed by atoms with Crippen molar-refractivity contribution in [2.24, 2.45) is 0 Å². The number of halogens is 4. The van der Waals surface area contributed by atoms with Crippen LogP contribution >= 0.6 is 0 Å². The highest BCUT2D eigenvalue weighted by Gasteiger charge is 2.58. The topological polar surface area (TPSA) is 29.5 Å². The van der Waals surface area contributed by atoms with Crippen LogP contribution in [0.3, 0.4) is 0 Å². The van der Waals surface area contributed by atoms with Gasteiger partial charge >= 0.3 is 6.18 Å². The molecule has 0 aliphatic carbocycles. The monoisotopic (exact) mass is 357 g/mol. The van der Waals surface area contributed by atoms with Gasteiger partial charge in [-0.3, -0.25) is 4.79 Å². The second kappa shape index (κ2) is 7.50. The Hall–Kier alpha value is -0.633. The number of piperidine rings is 1. The van der Waals surface area contributed by atoms with Crippen molar-refractivity contribution >= 4 is 14.2 Å². The Morgan fingerprint density at radius 3 is 1.91 bits per heavy atom. The van der Waals surface area contributed by atoms with Gasteiger partial charge in [0.2, 0.25) is 5.91 Å². The minimum Gasteiger partial charge on any atom is -0.403 e. The van der Waals surface area contributed by atoms with E-state index in [1.165, 1.54) is 11.8 Å². The molecule has 1 fully saturated rings. The molecule has 0 aromatic rings. The molecule has 0 spiro atoms. The fourth-order valence-corrected chi connectivity index (χ4v) is 6.02. The van der Waals surface area contributed by atoms with Crippen molar-refractivity contribution in [3.63, 3.8) is 0 Å². The first-order valence-corrected chi connectivity index (χ1v) is 10.8. The summed E-state index contributed by atoms with van der Waals surface area (Å²) < 4.78 is 61.2. The lowest BCUT2D eigenvalue weighted by molar-refractivity contribution is -0.241. The average Bonchev–Trinajstić information content (AvgIpc) is 2.48. The molecule has 8 heteroatoms. The van der Waals surface area contributed by atoms with Gasteiger partial charge in [0.15, 0.2) is 14.4 Å². The van der Waals surface area contributed by atoms with Gasteiger partial charge in [-0.2, -0.15) is 13.2 Å². The number of carbonyl (C=O) groups is 1. The Balaban J connectivity index is 3.01. The zero-order chi connectivity index (χ0) is 17.9. The molecule has 1 unspecified atom stereocenters. The van der Waals surface area contributed by atoms with E-state index in [2.05, 4.69) is 0 Å². The SMILES string of the molecule is CC[Si](CC)(CC)OC(C(F)(F)F)C1(F)CCN(C(C)=O)CC1. The van der Waals surface area contributed by atoms with E-state index in [4.69, 9.17) is 4.43 Å². The molecule has 0 radical (unpaired) electrons. The lowest BCUT2D eigenvalue weighted by atomic mass is 9.87. The molecule has 1 heterocycles. The number of nitrogens with zero attached hydrogens (tertiary/aromatic N) is 1. The van der Waals surface area contributed by atoms with Gasteiger partial charge in [-0.15, -0.1) is 0 Å². The zero-order valence-electron chi connectivity index (χ0n) is 14.3. The van der Waals surface area contributed by atoms with Gasteiger partial charge in [-0.25, -0.2) is 4.39 Å². The van der Waals surface area contributed by atoms with E-state index in [0.717, 1.165) is 0 Å². The second-order valence-electron chi connectivity index (χ2n) is 6.32. The first-order valence-electron chi connectivity index (χ1n) is 8.22. The summed E-state index contributed by atoms with van der Waals surface area (Å²) >= 11 is 0. The summed E-state index contributed by atoms with van der Waals surface area (Å²) in [6.45, 7) is 6.79. The van der Waals surface area contributed by atoms with Crippen LogP contribution in [-0.4, -0.2) is 50.2 Å². The molecule has 0 bridgehead atoms. The first-order chi connectivity index (χ1) is 10.5. The van der Waals surface area contributed by atoms with Gasteiger partial charge in [-0.1, -0.05) is 20.8 Å². The smallest absolute Gasteiger partial charge is 0.403 e. The van der Waals surface area contributed by atoms with Crippen molar-refractivity contribution < 1.29 is 26.8 Å². The van der Waals surface area contributed by atoms with Crippen LogP contribution in [-0.2, 0) is 9.22 Å². The van der Waals surface area contributed by atoms with Gasteiger partial charge in [0.05, 0.1) is 0 Å². The largest absolute Gasteiger partial charge is 0.416 e. The van der Waals surface area contributed by atoms with Gasteiger partial charge in [-0.05, 0) is 18.1 Å². The van der Waals surface area contributed by atoms with Gasteiger partial charge in [0.25, 0.3) is 0 Å². The van der Waals surface area contributed by atoms with E-state index in [9.17, 15) is 18.0 Å². The highest BCUT2D eigenvalue weighted by molar-refractivity contribution is 6.73. The van der Waals surface area contributed by atoms with Gasteiger partial charge in [0.1, 0.15) is 5.67 Å². The van der Waals surface area contributed by atoms with Crippen molar-refractivity contribution in [1.29, 1.82) is 0 Å². The summed E-state index contributed by atoms with van der Waals surface area (Å²) in [6.07, 6.45) is -7.81. The van der Waals surface area contributed by atoms with Crippen LogP contribution in [0.5, 0.6) is 0 Å². The maximum atomic E-state index is 15.1. The lowest BCUT2D eigenvalue weighted by Gasteiger charge is -2.44. The molecule has 3 nitrogen and oxygen atoms in total. The highest BCUT2D eigenvalue weighted by atomic mass is 28.4. The number of carbonyl (C=O) groups excluding carboxylic acids is 1. The summed E-state index contributed by atoms with van der Waals surface area (Å²) in [4.78, 5) is 12.7. The predicted octanol–water partition coefficient (Wildman–Crippen LogP) is 4.29. The molecule has 0 N–H and O–H groups in total. The molecule has 1 saturated heterocycles. The van der Waals surface area contributed by atoms with Crippen LogP contribution in [0.15, 0.2) is 0 Å².